The Morgan fingerprint density at radius 1 is 1.20 bits per heavy atom. The van der Waals surface area contributed by atoms with Crippen LogP contribution in [0.1, 0.15) is 10.4 Å². The van der Waals surface area contributed by atoms with Crippen LogP contribution in [0.2, 0.25) is 0 Å². The Kier molecular flexibility index (Phi) is 2.60. The molecular weight excluding hydrogens is 273 g/mol. The highest BCUT2D eigenvalue weighted by Crippen LogP contribution is 2.20. The molecule has 0 aliphatic carbocycles. The van der Waals surface area contributed by atoms with E-state index in [4.69, 9.17) is 0 Å². The summed E-state index contributed by atoms with van der Waals surface area (Å²) in [6.07, 6.45) is -0.301. The Morgan fingerprint density at radius 3 is 2.70 bits per heavy atom. The van der Waals surface area contributed by atoms with Crippen molar-refractivity contribution in [3.05, 3.63) is 42.4 Å². The van der Waals surface area contributed by atoms with Crippen molar-refractivity contribution < 1.29 is 18.0 Å². The first kappa shape index (κ1) is 12.4. The Labute approximate surface area is 110 Å². The van der Waals surface area contributed by atoms with Crippen LogP contribution < -0.4 is 5.32 Å². The zero-order chi connectivity index (χ0) is 14.3. The highest BCUT2D eigenvalue weighted by atomic mass is 19.4. The summed E-state index contributed by atoms with van der Waals surface area (Å²) in [5, 5.41) is 1.52. The maximum Gasteiger partial charge on any atom is 0.484 e. The second-order valence-electron chi connectivity index (χ2n) is 4.05. The van der Waals surface area contributed by atoms with E-state index in [0.717, 1.165) is 5.32 Å². The van der Waals surface area contributed by atoms with Crippen molar-refractivity contribution in [2.24, 2.45) is 0 Å². The van der Waals surface area contributed by atoms with Crippen molar-refractivity contribution in [2.75, 3.05) is 0 Å². The molecule has 0 atom stereocenters. The third-order valence-electron chi connectivity index (χ3n) is 2.73. The number of alkyl halides is 3. The predicted molar refractivity (Wildman–Crippen MR) is 64.0 cm³/mol. The summed E-state index contributed by atoms with van der Waals surface area (Å²) >= 11 is 0. The molecule has 3 aromatic rings. The summed E-state index contributed by atoms with van der Waals surface area (Å²) < 4.78 is 38.3. The van der Waals surface area contributed by atoms with Crippen molar-refractivity contribution in [3.8, 4) is 0 Å². The van der Waals surface area contributed by atoms with E-state index in [2.05, 4.69) is 9.97 Å². The summed E-state index contributed by atoms with van der Waals surface area (Å²) in [4.78, 5) is 19.8. The molecule has 3 heterocycles. The van der Waals surface area contributed by atoms with Gasteiger partial charge in [0.1, 0.15) is 5.65 Å². The normalized spacial score (nSPS) is 11.9. The molecule has 0 aliphatic heterocycles. The van der Waals surface area contributed by atoms with Crippen LogP contribution in [0.5, 0.6) is 0 Å². The Bertz CT molecular complexity index is 809. The Hall–Kier alpha value is -2.64. The van der Waals surface area contributed by atoms with E-state index in [-0.39, 0.29) is 11.2 Å². The number of nitrogens with one attached hydrogen (secondary N) is 1. The molecule has 0 aliphatic rings. The zero-order valence-electron chi connectivity index (χ0n) is 9.85. The molecule has 0 fully saturated rings. The molecule has 20 heavy (non-hydrogen) atoms. The maximum absolute atomic E-state index is 12.3. The van der Waals surface area contributed by atoms with Gasteiger partial charge in [-0.05, 0) is 18.2 Å². The summed E-state index contributed by atoms with van der Waals surface area (Å²) in [5.41, 5.74) is 0.481. The lowest BCUT2D eigenvalue weighted by atomic mass is 10.2. The van der Waals surface area contributed by atoms with Gasteiger partial charge in [0, 0.05) is 24.0 Å². The minimum Gasteiger partial charge on any atom is -0.283 e. The number of carbonyl (C=O) groups is 1. The SMILES string of the molecule is O=C(NC(F)(F)F)c1cc2cccnc2n2ccnc12. The molecule has 0 aromatic carbocycles. The molecular formula is C12H7F3N4O. The van der Waals surface area contributed by atoms with E-state index in [9.17, 15) is 18.0 Å². The lowest BCUT2D eigenvalue weighted by Crippen LogP contribution is -2.37. The van der Waals surface area contributed by atoms with Gasteiger partial charge in [-0.3, -0.25) is 14.5 Å². The first-order chi connectivity index (χ1) is 9.46. The molecule has 0 saturated carbocycles. The molecule has 0 unspecified atom stereocenters. The number of nitrogens with zero attached hydrogens (tertiary/aromatic N) is 3. The van der Waals surface area contributed by atoms with E-state index >= 15 is 0 Å². The molecule has 3 aromatic heterocycles. The molecule has 0 bridgehead atoms. The van der Waals surface area contributed by atoms with Crippen molar-refractivity contribution in [1.82, 2.24) is 19.7 Å². The monoisotopic (exact) mass is 280 g/mol. The summed E-state index contributed by atoms with van der Waals surface area (Å²) in [6, 6.07) is 4.63. The summed E-state index contributed by atoms with van der Waals surface area (Å²) in [7, 11) is 0. The van der Waals surface area contributed by atoms with Crippen LogP contribution in [-0.4, -0.2) is 26.6 Å². The quantitative estimate of drug-likeness (QED) is 0.695. The summed E-state index contributed by atoms with van der Waals surface area (Å²) in [5.74, 6) is -1.25. The van der Waals surface area contributed by atoms with Crippen LogP contribution in [-0.2, 0) is 0 Å². The summed E-state index contributed by atoms with van der Waals surface area (Å²) in [6.45, 7) is 0. The van der Waals surface area contributed by atoms with E-state index in [0.29, 0.717) is 11.0 Å². The van der Waals surface area contributed by atoms with Gasteiger partial charge < -0.3 is 0 Å². The number of hydrogen-bond acceptors (Lipinski definition) is 3. The van der Waals surface area contributed by atoms with Gasteiger partial charge >= 0.3 is 6.30 Å². The molecule has 1 amide bonds. The van der Waals surface area contributed by atoms with Crippen LogP contribution in [0, 0.1) is 0 Å². The average molecular weight is 280 g/mol. The topological polar surface area (TPSA) is 59.3 Å². The molecule has 0 saturated heterocycles. The van der Waals surface area contributed by atoms with Gasteiger partial charge in [0.05, 0.1) is 5.56 Å². The second kappa shape index (κ2) is 4.19. The number of fused-ring (bicyclic) bond motifs is 3. The van der Waals surface area contributed by atoms with Gasteiger partial charge in [0.15, 0.2) is 5.65 Å². The molecule has 8 heteroatoms. The number of hydrogen-bond donors (Lipinski definition) is 1. The fraction of sp³-hybridized carbons (Fsp3) is 0.0833. The van der Waals surface area contributed by atoms with Gasteiger partial charge in [-0.15, -0.1) is 0 Å². The maximum atomic E-state index is 12.3. The van der Waals surface area contributed by atoms with Crippen LogP contribution in [0.4, 0.5) is 13.2 Å². The number of rotatable bonds is 1. The Balaban J connectivity index is 2.23. The number of carbonyl (C=O) groups excluding carboxylic acids is 1. The molecule has 5 nitrogen and oxygen atoms in total. The van der Waals surface area contributed by atoms with E-state index in [1.807, 2.05) is 0 Å². The van der Waals surface area contributed by atoms with Crippen molar-refractivity contribution in [3.63, 3.8) is 0 Å². The average Bonchev–Trinajstić information content (AvgIpc) is 2.85. The number of pyridine rings is 2. The van der Waals surface area contributed by atoms with Crippen LogP contribution in [0.3, 0.4) is 0 Å². The molecule has 0 radical (unpaired) electrons. The third-order valence-corrected chi connectivity index (χ3v) is 2.73. The predicted octanol–water partition coefficient (Wildman–Crippen LogP) is 2.13. The largest absolute Gasteiger partial charge is 0.484 e. The molecule has 0 spiro atoms. The van der Waals surface area contributed by atoms with Gasteiger partial charge in [-0.1, -0.05) is 0 Å². The van der Waals surface area contributed by atoms with Crippen LogP contribution in [0.15, 0.2) is 36.8 Å². The standard InChI is InChI=1S/C12H7F3N4O/c13-12(14,15)18-11(20)8-6-7-2-1-3-16-9(7)19-5-4-17-10(8)19/h1-6H,(H,18,20). The molecule has 3 rings (SSSR count). The molecule has 1 N–H and O–H groups in total. The number of imidazole rings is 1. The number of halogens is 3. The van der Waals surface area contributed by atoms with Gasteiger partial charge in [-0.25, -0.2) is 9.97 Å². The van der Waals surface area contributed by atoms with Crippen molar-refractivity contribution >= 4 is 22.6 Å². The first-order valence-electron chi connectivity index (χ1n) is 5.56. The van der Waals surface area contributed by atoms with Gasteiger partial charge in [0.2, 0.25) is 0 Å². The van der Waals surface area contributed by atoms with E-state index < -0.39 is 12.2 Å². The minimum atomic E-state index is -4.79. The van der Waals surface area contributed by atoms with E-state index in [1.165, 1.54) is 22.9 Å². The van der Waals surface area contributed by atoms with Gasteiger partial charge in [-0.2, -0.15) is 13.2 Å². The minimum absolute atomic E-state index is 0.123. The molecule has 102 valence electrons. The fourth-order valence-corrected chi connectivity index (χ4v) is 1.98. The van der Waals surface area contributed by atoms with Crippen LogP contribution >= 0.6 is 0 Å². The first-order valence-corrected chi connectivity index (χ1v) is 5.56. The number of aromatic nitrogens is 3. The second-order valence-corrected chi connectivity index (χ2v) is 4.05. The fourth-order valence-electron chi connectivity index (χ4n) is 1.98. The van der Waals surface area contributed by atoms with Gasteiger partial charge in [0.25, 0.3) is 5.91 Å². The highest BCUT2D eigenvalue weighted by Gasteiger charge is 2.31. The van der Waals surface area contributed by atoms with E-state index in [1.54, 1.807) is 18.3 Å². The lowest BCUT2D eigenvalue weighted by Gasteiger charge is -2.10. The smallest absolute Gasteiger partial charge is 0.283 e. The number of amides is 1. The van der Waals surface area contributed by atoms with Crippen molar-refractivity contribution in [1.29, 1.82) is 0 Å². The zero-order valence-corrected chi connectivity index (χ0v) is 9.85. The third kappa shape index (κ3) is 2.04. The highest BCUT2D eigenvalue weighted by molar-refractivity contribution is 6.03. The van der Waals surface area contributed by atoms with Crippen molar-refractivity contribution in [2.45, 2.75) is 6.30 Å². The Morgan fingerprint density at radius 2 is 1.95 bits per heavy atom. The van der Waals surface area contributed by atoms with Crippen LogP contribution in [0.25, 0.3) is 16.7 Å². The lowest BCUT2D eigenvalue weighted by molar-refractivity contribution is -0.146.